The van der Waals surface area contributed by atoms with Crippen LogP contribution in [0.25, 0.3) is 0 Å². The first-order valence-electron chi connectivity index (χ1n) is 6.84. The summed E-state index contributed by atoms with van der Waals surface area (Å²) in [5.74, 6) is -0.260. The molecule has 1 saturated carbocycles. The van der Waals surface area contributed by atoms with Crippen LogP contribution in [0.3, 0.4) is 0 Å². The lowest BCUT2D eigenvalue weighted by molar-refractivity contribution is -0.120. The standard InChI is InChI=1S/C17H15BrFNO/c18-13-3-6-15(19)11(9-13)10-16(21)17(7-8-17)12-1-4-14(20)5-2-12/h1-6,9H,7-8,10,20H2. The SMILES string of the molecule is Nc1ccc(C2(C(=O)Cc3cc(Br)ccc3F)CC2)cc1. The van der Waals surface area contributed by atoms with Gasteiger partial charge in [-0.3, -0.25) is 4.79 Å². The van der Waals surface area contributed by atoms with E-state index in [0.29, 0.717) is 11.3 Å². The molecule has 0 aromatic heterocycles. The second-order valence-corrected chi connectivity index (χ2v) is 6.46. The summed E-state index contributed by atoms with van der Waals surface area (Å²) in [5, 5.41) is 0. The van der Waals surface area contributed by atoms with E-state index >= 15 is 0 Å². The Balaban J connectivity index is 1.85. The molecule has 0 spiro atoms. The highest BCUT2D eigenvalue weighted by Crippen LogP contribution is 2.49. The summed E-state index contributed by atoms with van der Waals surface area (Å²) in [7, 11) is 0. The van der Waals surface area contributed by atoms with Crippen LogP contribution in [0.2, 0.25) is 0 Å². The number of carbonyl (C=O) groups is 1. The van der Waals surface area contributed by atoms with Gasteiger partial charge in [-0.15, -0.1) is 0 Å². The molecule has 1 fully saturated rings. The van der Waals surface area contributed by atoms with E-state index in [4.69, 9.17) is 5.73 Å². The van der Waals surface area contributed by atoms with Gasteiger partial charge in [-0.25, -0.2) is 4.39 Å². The van der Waals surface area contributed by atoms with Gasteiger partial charge in [-0.1, -0.05) is 28.1 Å². The Morgan fingerprint density at radius 1 is 1.19 bits per heavy atom. The lowest BCUT2D eigenvalue weighted by Crippen LogP contribution is -2.23. The van der Waals surface area contributed by atoms with Gasteiger partial charge >= 0.3 is 0 Å². The van der Waals surface area contributed by atoms with Gasteiger partial charge in [-0.2, -0.15) is 0 Å². The lowest BCUT2D eigenvalue weighted by Gasteiger charge is -2.15. The quantitative estimate of drug-likeness (QED) is 0.849. The van der Waals surface area contributed by atoms with Gasteiger partial charge in [0.05, 0.1) is 5.41 Å². The first-order chi connectivity index (χ1) is 10.0. The molecular formula is C17H15BrFNO. The largest absolute Gasteiger partial charge is 0.399 e. The van der Waals surface area contributed by atoms with Gasteiger partial charge in [0.1, 0.15) is 11.6 Å². The Kier molecular flexibility index (Phi) is 3.57. The summed E-state index contributed by atoms with van der Waals surface area (Å²) < 4.78 is 14.6. The van der Waals surface area contributed by atoms with Crippen LogP contribution in [0.5, 0.6) is 0 Å². The molecule has 1 aliphatic rings. The number of halogens is 2. The molecule has 2 aromatic rings. The Hall–Kier alpha value is -1.68. The zero-order valence-corrected chi connectivity index (χ0v) is 13.0. The molecule has 0 radical (unpaired) electrons. The van der Waals surface area contributed by atoms with Crippen molar-refractivity contribution in [3.63, 3.8) is 0 Å². The summed E-state index contributed by atoms with van der Waals surface area (Å²) in [4.78, 5) is 12.6. The zero-order valence-electron chi connectivity index (χ0n) is 11.4. The molecule has 4 heteroatoms. The van der Waals surface area contributed by atoms with Crippen molar-refractivity contribution in [1.29, 1.82) is 0 Å². The van der Waals surface area contributed by atoms with Crippen molar-refractivity contribution in [2.75, 3.05) is 5.73 Å². The van der Waals surface area contributed by atoms with Crippen LogP contribution < -0.4 is 5.73 Å². The first-order valence-corrected chi connectivity index (χ1v) is 7.64. The third-order valence-corrected chi connectivity index (χ3v) is 4.60. The monoisotopic (exact) mass is 347 g/mol. The van der Waals surface area contributed by atoms with Crippen LogP contribution in [0.1, 0.15) is 24.0 Å². The first kappa shape index (κ1) is 14.3. The van der Waals surface area contributed by atoms with Crippen molar-refractivity contribution >= 4 is 27.4 Å². The number of nitrogen functional groups attached to an aromatic ring is 1. The van der Waals surface area contributed by atoms with E-state index in [1.807, 2.05) is 24.3 Å². The molecule has 0 heterocycles. The Bertz CT molecular complexity index is 692. The maximum atomic E-state index is 13.8. The van der Waals surface area contributed by atoms with Crippen LogP contribution >= 0.6 is 15.9 Å². The van der Waals surface area contributed by atoms with Gasteiger partial charge < -0.3 is 5.73 Å². The minimum atomic E-state index is -0.442. The number of Topliss-reactive ketones (excluding diaryl/α,β-unsaturated/α-hetero) is 1. The average Bonchev–Trinajstić information content (AvgIpc) is 3.25. The molecule has 3 rings (SSSR count). The maximum absolute atomic E-state index is 13.8. The smallest absolute Gasteiger partial charge is 0.147 e. The molecule has 2 nitrogen and oxygen atoms in total. The summed E-state index contributed by atoms with van der Waals surface area (Å²) in [6, 6.07) is 12.1. The summed E-state index contributed by atoms with van der Waals surface area (Å²) in [5.41, 5.74) is 7.35. The minimum absolute atomic E-state index is 0.0734. The molecule has 1 aliphatic carbocycles. The fourth-order valence-corrected chi connectivity index (χ4v) is 3.09. The van der Waals surface area contributed by atoms with Crippen molar-refractivity contribution in [2.45, 2.75) is 24.7 Å². The third-order valence-electron chi connectivity index (χ3n) is 4.11. The Morgan fingerprint density at radius 3 is 2.48 bits per heavy atom. The fraction of sp³-hybridized carbons (Fsp3) is 0.235. The molecule has 0 atom stereocenters. The fourth-order valence-electron chi connectivity index (χ4n) is 2.68. The van der Waals surface area contributed by atoms with Crippen LogP contribution in [0, 0.1) is 5.82 Å². The number of hydrogen-bond donors (Lipinski definition) is 1. The predicted molar refractivity (Wildman–Crippen MR) is 84.6 cm³/mol. The molecule has 0 bridgehead atoms. The molecular weight excluding hydrogens is 333 g/mol. The minimum Gasteiger partial charge on any atom is -0.399 e. The molecule has 0 aliphatic heterocycles. The highest BCUT2D eigenvalue weighted by Gasteiger charge is 2.50. The van der Waals surface area contributed by atoms with Crippen molar-refractivity contribution in [2.24, 2.45) is 0 Å². The Labute approximate surface area is 131 Å². The number of carbonyl (C=O) groups excluding carboxylic acids is 1. The summed E-state index contributed by atoms with van der Waals surface area (Å²) in [6.07, 6.45) is 1.77. The van der Waals surface area contributed by atoms with E-state index in [2.05, 4.69) is 15.9 Å². The van der Waals surface area contributed by atoms with E-state index in [9.17, 15) is 9.18 Å². The van der Waals surface area contributed by atoms with E-state index in [-0.39, 0.29) is 18.0 Å². The molecule has 108 valence electrons. The normalized spacial score (nSPS) is 15.7. The number of benzene rings is 2. The lowest BCUT2D eigenvalue weighted by atomic mass is 9.88. The van der Waals surface area contributed by atoms with Crippen LogP contribution in [0.4, 0.5) is 10.1 Å². The molecule has 21 heavy (non-hydrogen) atoms. The second-order valence-electron chi connectivity index (χ2n) is 5.54. The van der Waals surface area contributed by atoms with Crippen molar-refractivity contribution in [3.8, 4) is 0 Å². The third kappa shape index (κ3) is 2.72. The number of ketones is 1. The van der Waals surface area contributed by atoms with E-state index in [0.717, 1.165) is 22.9 Å². The molecule has 2 aromatic carbocycles. The highest BCUT2D eigenvalue weighted by molar-refractivity contribution is 9.10. The van der Waals surface area contributed by atoms with Gasteiger partial charge in [0, 0.05) is 16.6 Å². The highest BCUT2D eigenvalue weighted by atomic mass is 79.9. The predicted octanol–water partition coefficient (Wildman–Crippen LogP) is 4.01. The summed E-state index contributed by atoms with van der Waals surface area (Å²) in [6.45, 7) is 0. The Morgan fingerprint density at radius 2 is 1.86 bits per heavy atom. The second kappa shape index (κ2) is 5.26. The molecule has 0 unspecified atom stereocenters. The van der Waals surface area contributed by atoms with Crippen LogP contribution in [-0.4, -0.2) is 5.78 Å². The molecule has 0 saturated heterocycles. The van der Waals surface area contributed by atoms with Crippen molar-refractivity contribution in [3.05, 3.63) is 63.9 Å². The van der Waals surface area contributed by atoms with Gasteiger partial charge in [0.2, 0.25) is 0 Å². The van der Waals surface area contributed by atoms with Gasteiger partial charge in [-0.05, 0) is 54.3 Å². The van der Waals surface area contributed by atoms with Crippen molar-refractivity contribution < 1.29 is 9.18 Å². The van der Waals surface area contributed by atoms with E-state index < -0.39 is 5.41 Å². The van der Waals surface area contributed by atoms with Crippen molar-refractivity contribution in [1.82, 2.24) is 0 Å². The van der Waals surface area contributed by atoms with Gasteiger partial charge in [0.25, 0.3) is 0 Å². The van der Waals surface area contributed by atoms with Gasteiger partial charge in [0.15, 0.2) is 0 Å². The van der Waals surface area contributed by atoms with E-state index in [1.54, 1.807) is 12.1 Å². The van der Waals surface area contributed by atoms with E-state index in [1.165, 1.54) is 6.07 Å². The van der Waals surface area contributed by atoms with Crippen LogP contribution in [0.15, 0.2) is 46.9 Å². The number of anilines is 1. The molecule has 0 amide bonds. The molecule has 2 N–H and O–H groups in total. The summed E-state index contributed by atoms with van der Waals surface area (Å²) >= 11 is 3.31. The maximum Gasteiger partial charge on any atom is 0.147 e. The number of hydrogen-bond acceptors (Lipinski definition) is 2. The number of rotatable bonds is 4. The zero-order chi connectivity index (χ0) is 15.0. The van der Waals surface area contributed by atoms with Crippen LogP contribution in [-0.2, 0) is 16.6 Å². The number of nitrogens with two attached hydrogens (primary N) is 1. The average molecular weight is 348 g/mol. The topological polar surface area (TPSA) is 43.1 Å².